The van der Waals surface area contributed by atoms with E-state index in [4.69, 9.17) is 15.3 Å². The number of methoxy groups -OCH3 is 2. The second-order valence-corrected chi connectivity index (χ2v) is 5.29. The van der Waals surface area contributed by atoms with Crippen LogP contribution in [0, 0.1) is 0 Å². The van der Waals surface area contributed by atoms with Gasteiger partial charge in [0, 0.05) is 35.2 Å². The summed E-state index contributed by atoms with van der Waals surface area (Å²) in [5, 5.41) is 3.75. The second kappa shape index (κ2) is 13.5. The van der Waals surface area contributed by atoms with Crippen LogP contribution in [0.3, 0.4) is 0 Å². The van der Waals surface area contributed by atoms with E-state index in [0.29, 0.717) is 0 Å². The lowest BCUT2D eigenvalue weighted by atomic mass is 10.5. The first-order valence-corrected chi connectivity index (χ1v) is 6.88. The lowest BCUT2D eigenvalue weighted by Crippen LogP contribution is -2.44. The SMILES string of the molecule is C/C(=N\[N+](N)=S)N(C)C.COC(C)(OC)N(C)C.NC(N)=S. The van der Waals surface area contributed by atoms with Crippen molar-refractivity contribution < 1.29 is 13.6 Å². The fraction of sp³-hybridized carbons (Fsp3) is 0.818. The molecule has 0 saturated heterocycles. The minimum Gasteiger partial charge on any atom is -0.377 e. The van der Waals surface area contributed by atoms with Gasteiger partial charge < -0.3 is 25.8 Å². The highest BCUT2D eigenvalue weighted by atomic mass is 32.1. The van der Waals surface area contributed by atoms with Crippen LogP contribution in [0.25, 0.3) is 0 Å². The van der Waals surface area contributed by atoms with E-state index in [0.717, 1.165) is 10.00 Å². The maximum atomic E-state index is 5.07. The van der Waals surface area contributed by atoms with Crippen LogP contribution in [0.1, 0.15) is 13.8 Å². The Kier molecular flexibility index (Phi) is 15.8. The number of hydrazine groups is 1. The molecule has 0 bridgehead atoms. The number of nitrogens with two attached hydrogens (primary N) is 3. The molecule has 0 unspecified atom stereocenters. The largest absolute Gasteiger partial charge is 0.377 e. The number of hydrogen-bond acceptors (Lipinski definition) is 5. The highest BCUT2D eigenvalue weighted by Crippen LogP contribution is 2.11. The van der Waals surface area contributed by atoms with Gasteiger partial charge in [-0.25, -0.2) is 0 Å². The Morgan fingerprint density at radius 1 is 1.14 bits per heavy atom. The number of hydrogen-bond donors (Lipinski definition) is 3. The number of thiocarbonyl (C=S) groups is 1. The summed E-state index contributed by atoms with van der Waals surface area (Å²) in [5.74, 6) is 5.27. The quantitative estimate of drug-likeness (QED) is 0.113. The molecule has 0 atom stereocenters. The molecule has 132 valence electrons. The molecule has 22 heavy (non-hydrogen) atoms. The van der Waals surface area contributed by atoms with Crippen molar-refractivity contribution in [2.75, 3.05) is 42.4 Å². The van der Waals surface area contributed by atoms with Crippen LogP contribution in [-0.2, 0) is 21.9 Å². The van der Waals surface area contributed by atoms with Crippen LogP contribution < -0.4 is 17.3 Å². The summed E-state index contributed by atoms with van der Waals surface area (Å²) in [4.78, 5) is 3.68. The molecule has 0 aliphatic heterocycles. The van der Waals surface area contributed by atoms with Crippen molar-refractivity contribution in [2.45, 2.75) is 19.8 Å². The molecule has 6 N–H and O–H groups in total. The van der Waals surface area contributed by atoms with E-state index in [-0.39, 0.29) is 5.11 Å². The van der Waals surface area contributed by atoms with Crippen molar-refractivity contribution in [3.05, 3.63) is 0 Å². The minimum absolute atomic E-state index is 0.000000000000000222. The van der Waals surface area contributed by atoms with E-state index in [1.165, 1.54) is 0 Å². The molecule has 0 radical (unpaired) electrons. The zero-order valence-corrected chi connectivity index (χ0v) is 16.3. The van der Waals surface area contributed by atoms with Crippen molar-refractivity contribution in [3.63, 3.8) is 0 Å². The third kappa shape index (κ3) is 16.9. The maximum absolute atomic E-state index is 5.07. The summed E-state index contributed by atoms with van der Waals surface area (Å²) < 4.78 is 11.0. The lowest BCUT2D eigenvalue weighted by Gasteiger charge is -2.32. The summed E-state index contributed by atoms with van der Waals surface area (Å²) in [7, 11) is 10.8. The third-order valence-electron chi connectivity index (χ3n) is 2.46. The first-order chi connectivity index (χ1) is 9.83. The van der Waals surface area contributed by atoms with Gasteiger partial charge in [-0.3, -0.25) is 4.90 Å². The Balaban J connectivity index is -0.000000266. The summed E-state index contributed by atoms with van der Waals surface area (Å²) in [5.41, 5.74) is 9.24. The Hall–Kier alpha value is -1.14. The van der Waals surface area contributed by atoms with Gasteiger partial charge in [0.15, 0.2) is 10.9 Å². The molecule has 0 aromatic rings. The van der Waals surface area contributed by atoms with Crippen molar-refractivity contribution >= 4 is 35.6 Å². The Morgan fingerprint density at radius 3 is 1.50 bits per heavy atom. The average molecular weight is 357 g/mol. The van der Waals surface area contributed by atoms with E-state index in [2.05, 4.69) is 41.2 Å². The van der Waals surface area contributed by atoms with E-state index in [1.54, 1.807) is 14.2 Å². The molecule has 0 saturated carbocycles. The zero-order valence-electron chi connectivity index (χ0n) is 14.7. The van der Waals surface area contributed by atoms with Crippen LogP contribution in [-0.4, -0.2) is 73.2 Å². The van der Waals surface area contributed by atoms with Crippen LogP contribution in [0.2, 0.25) is 0 Å². The van der Waals surface area contributed by atoms with E-state index < -0.39 is 5.91 Å². The molecule has 0 heterocycles. The maximum Gasteiger partial charge on any atom is 0.336 e. The molecule has 0 amide bonds. The van der Waals surface area contributed by atoms with Gasteiger partial charge in [0.25, 0.3) is 0 Å². The van der Waals surface area contributed by atoms with Gasteiger partial charge in [0.1, 0.15) is 4.16 Å². The van der Waals surface area contributed by atoms with Crippen molar-refractivity contribution in [1.82, 2.24) is 9.80 Å². The summed E-state index contributed by atoms with van der Waals surface area (Å²) in [6, 6.07) is 0. The van der Waals surface area contributed by atoms with Gasteiger partial charge in [0.2, 0.25) is 5.91 Å². The summed E-state index contributed by atoms with van der Waals surface area (Å²) in [6.07, 6.45) is 0. The van der Waals surface area contributed by atoms with E-state index in [9.17, 15) is 0 Å². The van der Waals surface area contributed by atoms with Gasteiger partial charge in [-0.15, -0.1) is 0 Å². The molecule has 11 heteroatoms. The lowest BCUT2D eigenvalue weighted by molar-refractivity contribution is -0.515. The average Bonchev–Trinajstić information content (AvgIpc) is 2.36. The van der Waals surface area contributed by atoms with Crippen LogP contribution >= 0.6 is 12.2 Å². The van der Waals surface area contributed by atoms with Gasteiger partial charge in [-0.1, -0.05) is 0 Å². The molecule has 9 nitrogen and oxygen atoms in total. The van der Waals surface area contributed by atoms with Gasteiger partial charge in [0.05, 0.1) is 5.10 Å². The molecular formula is C11H30N7O2S2+. The molecular weight excluding hydrogens is 326 g/mol. The fourth-order valence-electron chi connectivity index (χ4n) is 0.681. The molecule has 0 aliphatic carbocycles. The number of amidine groups is 1. The monoisotopic (exact) mass is 356 g/mol. The number of nitrogens with zero attached hydrogens (tertiary/aromatic N) is 4. The fourth-order valence-corrected chi connectivity index (χ4v) is 0.799. The van der Waals surface area contributed by atoms with E-state index >= 15 is 0 Å². The first-order valence-electron chi connectivity index (χ1n) is 6.11. The van der Waals surface area contributed by atoms with Crippen molar-refractivity contribution in [2.24, 2.45) is 22.4 Å². The third-order valence-corrected chi connectivity index (χ3v) is 2.54. The Bertz CT molecular complexity index is 354. The number of rotatable bonds is 4. The van der Waals surface area contributed by atoms with Crippen molar-refractivity contribution in [3.8, 4) is 0 Å². The molecule has 0 fully saturated rings. The zero-order chi connectivity index (χ0) is 18.5. The molecule has 0 aromatic carbocycles. The van der Waals surface area contributed by atoms with Crippen LogP contribution in [0.5, 0.6) is 0 Å². The minimum atomic E-state index is -0.583. The Labute approximate surface area is 144 Å². The van der Waals surface area contributed by atoms with Crippen LogP contribution in [0.4, 0.5) is 0 Å². The second-order valence-electron chi connectivity index (χ2n) is 4.45. The smallest absolute Gasteiger partial charge is 0.336 e. The molecule has 0 aliphatic rings. The molecule has 0 aromatic heterocycles. The summed E-state index contributed by atoms with van der Waals surface area (Å²) in [6.45, 7) is 3.68. The van der Waals surface area contributed by atoms with Crippen LogP contribution in [0.15, 0.2) is 5.10 Å². The Morgan fingerprint density at radius 2 is 1.45 bits per heavy atom. The normalized spacial score (nSPS) is 10.9. The van der Waals surface area contributed by atoms with Crippen molar-refractivity contribution in [1.29, 1.82) is 0 Å². The predicted molar refractivity (Wildman–Crippen MR) is 95.7 cm³/mol. The van der Waals surface area contributed by atoms with Gasteiger partial charge in [-0.05, 0) is 33.2 Å². The van der Waals surface area contributed by atoms with Gasteiger partial charge in [-0.2, -0.15) is 5.84 Å². The highest BCUT2D eigenvalue weighted by molar-refractivity contribution is 7.80. The first kappa shape index (κ1) is 25.8. The van der Waals surface area contributed by atoms with E-state index in [1.807, 2.05) is 51.8 Å². The highest BCUT2D eigenvalue weighted by Gasteiger charge is 2.24. The van der Waals surface area contributed by atoms with Gasteiger partial charge >= 0.3 is 12.4 Å². The molecule has 0 rings (SSSR count). The number of ether oxygens (including phenoxy) is 2. The topological polar surface area (TPSA) is 118 Å². The standard InChI is InChI=1S/C6H15NO2.C4H11N4S.CH4N2S/c1-6(8-4,9-5)7(2)3;1-4(7(2)3)6-8(5)9;2-1(3)4/h1-5H3;1-3H3,(H2,5,9);(H4,2,3,4)/q;+1;/b;6-4+;. The number of hydrazone groups is 1. The molecule has 0 spiro atoms. The predicted octanol–water partition coefficient (Wildman–Crippen LogP) is -0.799. The summed E-state index contributed by atoms with van der Waals surface area (Å²) >= 11 is 8.56.